The average Bonchev–Trinajstić information content (AvgIpc) is 3.54. The van der Waals surface area contributed by atoms with Crippen LogP contribution >= 0.6 is 0 Å². The van der Waals surface area contributed by atoms with E-state index in [0.29, 0.717) is 0 Å². The first-order chi connectivity index (χ1) is 36.2. The van der Waals surface area contributed by atoms with Gasteiger partial charge in [0, 0.05) is 0 Å². The number of rotatable bonds is 15. The molecule has 10 saturated carbocycles. The predicted octanol–water partition coefficient (Wildman–Crippen LogP) is 30.6. The summed E-state index contributed by atoms with van der Waals surface area (Å²) in [4.78, 5) is 0. The smallest absolute Gasteiger partial charge is 0.0386 e. The SMILES string of the molecule is C.C.C.C.C.C.C.C.C.C.CCC1CCC(C2CCC(C3CCC(C)CC3)CC2)CC1.CCC1CCC(CC2CCC(CC3CCC(C)CC3)CC2)CC1.CCC1CCC(CC2CCC(CC3CCC(CC4CCC(C)CC4)CC3)CC2)CC1. The Kier molecular flexibility index (Phi) is 50.2. The minimum absolute atomic E-state index is 0. The first-order valence-electron chi connectivity index (χ1n) is 36.2. The van der Waals surface area contributed by atoms with Crippen molar-refractivity contribution >= 4 is 0 Å². The van der Waals surface area contributed by atoms with Crippen LogP contribution in [0, 0.1) is 118 Å². The van der Waals surface area contributed by atoms with Crippen molar-refractivity contribution in [1.29, 1.82) is 0 Å². The summed E-state index contributed by atoms with van der Waals surface area (Å²) in [5, 5.41) is 0. The Bertz CT molecular complexity index is 1380. The fraction of sp³-hybridized carbons (Fsp3) is 1.00. The molecule has 10 aliphatic carbocycles. The van der Waals surface area contributed by atoms with Crippen molar-refractivity contribution in [2.75, 3.05) is 0 Å². The second-order valence-electron chi connectivity index (χ2n) is 31.6. The standard InChI is InChI=1S/C30H54.C23H42.C21H38.10CH4/c1-3-24-8-10-26(11-9-24)21-28-16-18-30(19-17-28)22-29-14-12-27(13-15-29)20-25-6-4-23(2)5-7-25;1-3-19-8-10-21(11-9-19)17-23-14-12-22(13-15-23)16-20-6-4-18(2)5-7-20;1-3-17-6-10-19(11-7-17)21-14-12-20(13-15-21)18-8-4-16(2)5-9-18;;;;;;;;;;/h23-30H,3-22H2,1-2H3;18-23H,3-17H2,1-2H3;16-21H,3-15H2,1-2H3;10*1H4. The van der Waals surface area contributed by atoms with Gasteiger partial charge in [0.05, 0.1) is 0 Å². The maximum atomic E-state index is 2.46. The summed E-state index contributed by atoms with van der Waals surface area (Å²) in [7, 11) is 0. The van der Waals surface area contributed by atoms with Gasteiger partial charge in [-0.3, -0.25) is 0 Å². The van der Waals surface area contributed by atoms with E-state index in [1.54, 1.807) is 238 Å². The molecule has 0 heterocycles. The Morgan fingerprint density at radius 3 is 0.429 bits per heavy atom. The average molecular weight is 1180 g/mol. The van der Waals surface area contributed by atoms with Gasteiger partial charge in [-0.25, -0.2) is 0 Å². The summed E-state index contributed by atoms with van der Waals surface area (Å²) in [6.07, 6.45) is 74.4. The van der Waals surface area contributed by atoms with Crippen LogP contribution < -0.4 is 0 Å². The molecule has 0 aromatic rings. The zero-order valence-corrected chi connectivity index (χ0v) is 51.5. The topological polar surface area (TPSA) is 0 Å². The summed E-state index contributed by atoms with van der Waals surface area (Å²) in [6, 6.07) is 0. The first kappa shape index (κ1) is 88.2. The largest absolute Gasteiger partial charge is 0.0776 e. The second-order valence-corrected chi connectivity index (χ2v) is 31.6. The fourth-order valence-electron chi connectivity index (χ4n) is 20.3. The lowest BCUT2D eigenvalue weighted by atomic mass is 9.65. The van der Waals surface area contributed by atoms with Crippen molar-refractivity contribution < 1.29 is 0 Å². The number of hydrogen-bond donors (Lipinski definition) is 0. The predicted molar refractivity (Wildman–Crippen MR) is 393 cm³/mol. The molecule has 0 aromatic heterocycles. The molecule has 0 spiro atoms. The van der Waals surface area contributed by atoms with Crippen LogP contribution in [0.25, 0.3) is 0 Å². The Morgan fingerprint density at radius 1 is 0.155 bits per heavy atom. The molecule has 0 nitrogen and oxygen atoms in total. The van der Waals surface area contributed by atoms with Gasteiger partial charge < -0.3 is 0 Å². The molecule has 0 unspecified atom stereocenters. The highest BCUT2D eigenvalue weighted by Gasteiger charge is 2.36. The van der Waals surface area contributed by atoms with Gasteiger partial charge in [-0.15, -0.1) is 0 Å². The van der Waals surface area contributed by atoms with Gasteiger partial charge >= 0.3 is 0 Å². The maximum Gasteiger partial charge on any atom is -0.0386 e. The summed E-state index contributed by atoms with van der Waals surface area (Å²) < 4.78 is 0. The van der Waals surface area contributed by atoms with Crippen molar-refractivity contribution in [1.82, 2.24) is 0 Å². The van der Waals surface area contributed by atoms with E-state index in [-0.39, 0.29) is 74.3 Å². The Hall–Kier alpha value is 0. The van der Waals surface area contributed by atoms with Gasteiger partial charge in [-0.2, -0.15) is 0 Å². The van der Waals surface area contributed by atoms with Gasteiger partial charge in [-0.1, -0.05) is 341 Å². The van der Waals surface area contributed by atoms with Gasteiger partial charge in [0.1, 0.15) is 0 Å². The highest BCUT2D eigenvalue weighted by Crippen LogP contribution is 2.48. The van der Waals surface area contributed by atoms with Gasteiger partial charge in [0.15, 0.2) is 0 Å². The molecule has 0 N–H and O–H groups in total. The quantitative estimate of drug-likeness (QED) is 0.153. The lowest BCUT2D eigenvalue weighted by Gasteiger charge is -2.41. The first-order valence-corrected chi connectivity index (χ1v) is 36.2. The summed E-state index contributed by atoms with van der Waals surface area (Å²) in [5.74, 6) is 21.7. The van der Waals surface area contributed by atoms with Crippen LogP contribution in [0.5, 0.6) is 0 Å². The highest BCUT2D eigenvalue weighted by molar-refractivity contribution is 4.87. The molecule has 10 rings (SSSR count). The maximum absolute atomic E-state index is 2.46. The van der Waals surface area contributed by atoms with Crippen LogP contribution in [0.4, 0.5) is 0 Å². The van der Waals surface area contributed by atoms with Crippen LogP contribution in [0.2, 0.25) is 0 Å². The monoisotopic (exact) mass is 1180 g/mol. The molecule has 10 fully saturated rings. The van der Waals surface area contributed by atoms with E-state index in [1.165, 1.54) is 70.6 Å². The lowest BCUT2D eigenvalue weighted by molar-refractivity contribution is 0.106. The van der Waals surface area contributed by atoms with Gasteiger partial charge in [0.25, 0.3) is 0 Å². The minimum Gasteiger partial charge on any atom is -0.0776 e. The van der Waals surface area contributed by atoms with E-state index in [4.69, 9.17) is 0 Å². The minimum atomic E-state index is 0. The lowest BCUT2D eigenvalue weighted by Crippen LogP contribution is -2.29. The molecule has 0 radical (unpaired) electrons. The van der Waals surface area contributed by atoms with Crippen LogP contribution in [0.1, 0.15) is 424 Å². The second kappa shape index (κ2) is 47.8. The van der Waals surface area contributed by atoms with Crippen LogP contribution in [0.15, 0.2) is 0 Å². The molecule has 0 bridgehead atoms. The van der Waals surface area contributed by atoms with Gasteiger partial charge in [-0.05, 0) is 202 Å². The van der Waals surface area contributed by atoms with E-state index >= 15 is 0 Å². The van der Waals surface area contributed by atoms with Crippen molar-refractivity contribution in [2.24, 2.45) is 118 Å². The molecule has 510 valence electrons. The van der Waals surface area contributed by atoms with E-state index in [0.717, 1.165) is 118 Å². The van der Waals surface area contributed by atoms with Gasteiger partial charge in [0.2, 0.25) is 0 Å². The van der Waals surface area contributed by atoms with Crippen LogP contribution in [-0.4, -0.2) is 0 Å². The van der Waals surface area contributed by atoms with Crippen LogP contribution in [0.3, 0.4) is 0 Å². The third kappa shape index (κ3) is 30.0. The summed E-state index contributed by atoms with van der Waals surface area (Å²) >= 11 is 0. The molecule has 0 heteroatoms. The van der Waals surface area contributed by atoms with Crippen molar-refractivity contribution in [3.05, 3.63) is 0 Å². The molecular weight excluding hydrogens is 1010 g/mol. The van der Waals surface area contributed by atoms with E-state index in [2.05, 4.69) is 41.5 Å². The summed E-state index contributed by atoms with van der Waals surface area (Å²) in [5.41, 5.74) is 0. The molecule has 10 aliphatic rings. The molecular formula is C84H174. The van der Waals surface area contributed by atoms with E-state index in [9.17, 15) is 0 Å². The van der Waals surface area contributed by atoms with Crippen molar-refractivity contribution in [3.63, 3.8) is 0 Å². The molecule has 84 heavy (non-hydrogen) atoms. The van der Waals surface area contributed by atoms with E-state index in [1.807, 2.05) is 0 Å². The highest BCUT2D eigenvalue weighted by atomic mass is 14.4. The number of hydrogen-bond acceptors (Lipinski definition) is 0. The molecule has 0 saturated heterocycles. The third-order valence-corrected chi connectivity index (χ3v) is 26.3. The third-order valence-electron chi connectivity index (χ3n) is 26.3. The molecule has 0 atom stereocenters. The Balaban J connectivity index is -0.00000112. The van der Waals surface area contributed by atoms with Crippen molar-refractivity contribution in [3.8, 4) is 0 Å². The fourth-order valence-corrected chi connectivity index (χ4v) is 20.3. The van der Waals surface area contributed by atoms with Crippen LogP contribution in [-0.2, 0) is 0 Å². The molecule has 0 aliphatic heterocycles. The zero-order chi connectivity index (χ0) is 51.5. The van der Waals surface area contributed by atoms with Crippen molar-refractivity contribution in [2.45, 2.75) is 424 Å². The Labute approximate surface area is 539 Å². The molecule has 0 amide bonds. The summed E-state index contributed by atoms with van der Waals surface area (Å²) in [6.45, 7) is 14.6. The Morgan fingerprint density at radius 2 is 0.262 bits per heavy atom. The zero-order valence-electron chi connectivity index (χ0n) is 51.5. The normalized spacial score (nSPS) is 38.5. The molecule has 0 aromatic carbocycles. The van der Waals surface area contributed by atoms with E-state index < -0.39 is 0 Å².